The van der Waals surface area contributed by atoms with Gasteiger partial charge in [0.2, 0.25) is 0 Å². The fraction of sp³-hybridized carbons (Fsp3) is 0. The number of hydrogen-bond donors (Lipinski definition) is 0. The first-order valence-corrected chi connectivity index (χ1v) is 9.00. The van der Waals surface area contributed by atoms with E-state index in [1.54, 1.807) is 0 Å². The number of rotatable bonds is 0. The summed E-state index contributed by atoms with van der Waals surface area (Å²) in [5, 5.41) is 0. The highest BCUT2D eigenvalue weighted by Gasteiger charge is 1.45. The van der Waals surface area contributed by atoms with Crippen molar-refractivity contribution in [1.29, 1.82) is 0 Å². The molecule has 42 valence electrons. The highest BCUT2D eigenvalue weighted by Crippen LogP contribution is 1.45. The summed E-state index contributed by atoms with van der Waals surface area (Å²) in [7, 11) is 1.16. The fourth-order valence-electron chi connectivity index (χ4n) is 0.0227. The summed E-state index contributed by atoms with van der Waals surface area (Å²) in [5.74, 6) is 0. The minimum Gasteiger partial charge on any atom is 0 e. The fourth-order valence-corrected chi connectivity index (χ4v) is 5.51. The molecule has 0 fully saturated rings. The van der Waals surface area contributed by atoms with E-state index in [0.29, 0.717) is 0 Å². The third-order valence-electron chi connectivity index (χ3n) is 0.167. The lowest BCUT2D eigenvalue weighted by Crippen LogP contribution is -1.45. The zero-order valence-electron chi connectivity index (χ0n) is 2.86. The SMILES string of the molecule is S=S=S(=S)=S(=S)=S. The van der Waals surface area contributed by atoms with Crippen LogP contribution in [-0.2, 0) is 66.8 Å². The lowest BCUT2D eigenvalue weighted by Gasteiger charge is -1.45. The molecule has 7 heteroatoms. The molecule has 0 aromatic carbocycles. The Labute approximate surface area is 66.0 Å². The van der Waals surface area contributed by atoms with E-state index in [-0.39, 0.29) is 6.57 Å². The van der Waals surface area contributed by atoms with E-state index in [4.69, 9.17) is 11.2 Å². The van der Waals surface area contributed by atoms with Gasteiger partial charge in [0, 0.05) is 66.8 Å². The molecule has 7 heavy (non-hydrogen) atoms. The van der Waals surface area contributed by atoms with Gasteiger partial charge in [0.1, 0.15) is 0 Å². The summed E-state index contributed by atoms with van der Waals surface area (Å²) in [4.78, 5) is 0. The Kier molecular flexibility index (Phi) is 5.39. The third-order valence-corrected chi connectivity index (χ3v) is 13.5. The van der Waals surface area contributed by atoms with Crippen LogP contribution in [0, 0.1) is 0 Å². The van der Waals surface area contributed by atoms with Crippen LogP contribution in [0.2, 0.25) is 0 Å². The monoisotopic (exact) mass is 224 g/mol. The van der Waals surface area contributed by atoms with Crippen LogP contribution in [0.4, 0.5) is 0 Å². The molecule has 0 spiro atoms. The van der Waals surface area contributed by atoms with E-state index in [0.717, 1.165) is 8.88 Å². The largest absolute Gasteiger partial charge is 0 e. The molecule has 0 aliphatic rings. The summed E-state index contributed by atoms with van der Waals surface area (Å²) < 4.78 is 0. The highest BCUT2D eigenvalue weighted by molar-refractivity contribution is 8.82. The van der Waals surface area contributed by atoms with E-state index in [1.165, 1.54) is 0 Å². The molecular formula is S7. The molecule has 0 aromatic rings. The zero-order valence-corrected chi connectivity index (χ0v) is 8.57. The lowest BCUT2D eigenvalue weighted by atomic mass is 30.6. The van der Waals surface area contributed by atoms with Crippen LogP contribution in [0.15, 0.2) is 0 Å². The van der Waals surface area contributed by atoms with Crippen LogP contribution in [-0.4, -0.2) is 0 Å². The normalized spacial score (nSPS) is 7.43. The second-order valence-electron chi connectivity index (χ2n) is 0.476. The van der Waals surface area contributed by atoms with E-state index in [2.05, 4.69) is 33.6 Å². The maximum atomic E-state index is 4.75. The van der Waals surface area contributed by atoms with Gasteiger partial charge in [-0.25, -0.2) is 0 Å². The Hall–Kier alpha value is 1.54. The Morgan fingerprint density at radius 2 is 1.57 bits per heavy atom. The second kappa shape index (κ2) is 4.42. The molecule has 0 atom stereocenters. The van der Waals surface area contributed by atoms with E-state index in [1.807, 2.05) is 0 Å². The van der Waals surface area contributed by atoms with Gasteiger partial charge in [0.25, 0.3) is 0 Å². The molecule has 0 nitrogen and oxygen atoms in total. The van der Waals surface area contributed by atoms with Gasteiger partial charge in [0.15, 0.2) is 0 Å². The first-order chi connectivity index (χ1) is 3.18. The zero-order chi connectivity index (χ0) is 5.86. The summed E-state index contributed by atoms with van der Waals surface area (Å²) in [5.41, 5.74) is 0. The molecule has 0 heterocycles. The lowest BCUT2D eigenvalue weighted by molar-refractivity contribution is 5.91. The number of hydrogen-bond acceptors (Lipinski definition) is 4. The molecule has 0 unspecified atom stereocenters. The molecule has 0 bridgehead atoms. The Bertz CT molecular complexity index is 280. The average molecular weight is 224 g/mol. The molecule has 0 N–H and O–H groups in total. The topological polar surface area (TPSA) is 0 Å². The molecule has 0 radical (unpaired) electrons. The van der Waals surface area contributed by atoms with Gasteiger partial charge in [-0.05, 0) is 0 Å². The maximum Gasteiger partial charge on any atom is 0 e. The summed E-state index contributed by atoms with van der Waals surface area (Å²) >= 11 is 18.6. The second-order valence-corrected chi connectivity index (χ2v) is 12.9. The minimum absolute atomic E-state index is 0.356. The molecule has 0 aromatic heterocycles. The Morgan fingerprint density at radius 1 is 1.14 bits per heavy atom. The van der Waals surface area contributed by atoms with Crippen molar-refractivity contribution < 1.29 is 0 Å². The summed E-state index contributed by atoms with van der Waals surface area (Å²) in [6.07, 6.45) is 0. The molecule has 0 aliphatic carbocycles. The maximum absolute atomic E-state index is 4.75. The van der Waals surface area contributed by atoms with Crippen LogP contribution in [0.3, 0.4) is 0 Å². The van der Waals surface area contributed by atoms with Gasteiger partial charge < -0.3 is 0 Å². The van der Waals surface area contributed by atoms with Crippen LogP contribution in [0.1, 0.15) is 0 Å². The van der Waals surface area contributed by atoms with Gasteiger partial charge >= 0.3 is 0 Å². The summed E-state index contributed by atoms with van der Waals surface area (Å²) in [6, 6.07) is 0. The Balaban J connectivity index is 6.29. The van der Waals surface area contributed by atoms with Gasteiger partial charge in [-0.15, -0.1) is 0 Å². The van der Waals surface area contributed by atoms with Crippen molar-refractivity contribution >= 4 is 66.8 Å². The van der Waals surface area contributed by atoms with Crippen molar-refractivity contribution in [3.8, 4) is 0 Å². The third kappa shape index (κ3) is 4.07. The van der Waals surface area contributed by atoms with Crippen molar-refractivity contribution in [2.45, 2.75) is 0 Å². The van der Waals surface area contributed by atoms with Crippen molar-refractivity contribution in [1.82, 2.24) is 0 Å². The quantitative estimate of drug-likeness (QED) is 0.567. The minimum atomic E-state index is -0.492. The summed E-state index contributed by atoms with van der Waals surface area (Å²) in [6.45, 7) is -0.849. The molecule has 0 rings (SSSR count). The van der Waals surface area contributed by atoms with Crippen molar-refractivity contribution in [3.05, 3.63) is 0 Å². The van der Waals surface area contributed by atoms with E-state index < -0.39 is 6.57 Å². The predicted molar refractivity (Wildman–Crippen MR) is 51.6 cm³/mol. The Morgan fingerprint density at radius 3 is 1.57 bits per heavy atom. The van der Waals surface area contributed by atoms with E-state index in [9.17, 15) is 0 Å². The van der Waals surface area contributed by atoms with Gasteiger partial charge in [-0.1, -0.05) is 0 Å². The van der Waals surface area contributed by atoms with Crippen LogP contribution in [0.5, 0.6) is 0 Å². The first kappa shape index (κ1) is 8.54. The van der Waals surface area contributed by atoms with Crippen LogP contribution >= 0.6 is 0 Å². The van der Waals surface area contributed by atoms with Crippen molar-refractivity contribution in [3.63, 3.8) is 0 Å². The average Bonchev–Trinajstić information content (AvgIpc) is 1.65. The van der Waals surface area contributed by atoms with Crippen molar-refractivity contribution in [2.75, 3.05) is 0 Å². The molecule has 0 saturated carbocycles. The highest BCUT2D eigenvalue weighted by atomic mass is 33.5. The van der Waals surface area contributed by atoms with Crippen molar-refractivity contribution in [2.24, 2.45) is 0 Å². The van der Waals surface area contributed by atoms with Gasteiger partial charge in [0.05, 0.1) is 0 Å². The van der Waals surface area contributed by atoms with E-state index >= 15 is 0 Å². The van der Waals surface area contributed by atoms with Gasteiger partial charge in [-0.2, -0.15) is 0 Å². The molecule has 0 aliphatic heterocycles. The van der Waals surface area contributed by atoms with Crippen LogP contribution < -0.4 is 0 Å². The molecule has 0 saturated heterocycles. The molecule has 0 amide bonds. The first-order valence-electron chi connectivity index (χ1n) is 1.00. The van der Waals surface area contributed by atoms with Gasteiger partial charge in [-0.3, -0.25) is 0 Å². The van der Waals surface area contributed by atoms with Crippen LogP contribution in [0.25, 0.3) is 0 Å². The molecular weight excluding hydrogens is 224 g/mol. The smallest absolute Gasteiger partial charge is 0 e. The predicted octanol–water partition coefficient (Wildman–Crippen LogP) is -0.0168. The standard InChI is InChI=1S/S7/c1-5-7(4)6(2)3.